The molecule has 0 aromatic heterocycles. The van der Waals surface area contributed by atoms with Crippen molar-refractivity contribution < 1.29 is 19.2 Å². The number of ketones is 1. The maximum atomic E-state index is 13.8. The largest absolute Gasteiger partial charge is 0.388 e. The first-order valence-corrected chi connectivity index (χ1v) is 14.6. The molecule has 0 unspecified atom stereocenters. The van der Waals surface area contributed by atoms with Crippen LogP contribution in [0.3, 0.4) is 0 Å². The van der Waals surface area contributed by atoms with Crippen molar-refractivity contribution >= 4 is 46.6 Å². The van der Waals surface area contributed by atoms with Gasteiger partial charge in [-0.1, -0.05) is 66.2 Å². The lowest BCUT2D eigenvalue weighted by molar-refractivity contribution is -0.142. The Labute approximate surface area is 256 Å². The maximum Gasteiger partial charge on any atom is 0.246 e. The molecule has 0 saturated heterocycles. The Morgan fingerprint density at radius 1 is 0.977 bits per heavy atom. The van der Waals surface area contributed by atoms with Gasteiger partial charge in [0.1, 0.15) is 12.1 Å². The molecule has 1 aliphatic heterocycles. The Kier molecular flexibility index (Phi) is 10.7. The molecule has 0 aliphatic carbocycles. The van der Waals surface area contributed by atoms with Crippen LogP contribution in [-0.4, -0.2) is 46.3 Å². The summed E-state index contributed by atoms with van der Waals surface area (Å²) in [5.74, 6) is -1.36. The number of rotatable bonds is 12. The van der Waals surface area contributed by atoms with Gasteiger partial charge in [0.05, 0.1) is 5.84 Å². The number of carbonyl (C=O) groups is 4. The van der Waals surface area contributed by atoms with Crippen molar-refractivity contribution in [1.82, 2.24) is 10.2 Å². The van der Waals surface area contributed by atoms with E-state index in [0.29, 0.717) is 22.7 Å². The van der Waals surface area contributed by atoms with E-state index < -0.39 is 23.9 Å². The van der Waals surface area contributed by atoms with Crippen molar-refractivity contribution in [2.75, 3.05) is 5.32 Å². The summed E-state index contributed by atoms with van der Waals surface area (Å²) in [6.07, 6.45) is 1.18. The average Bonchev–Trinajstić information content (AvgIpc) is 3.00. The SMILES string of the molecule is Cc1cc(NC(=O)[C@H](CCCC(=N)N)NC(=O)[C@@H]2Cc3ccccc3CN2C(=O)CCC(=O)c2ccccc2)ccc1Cl. The molecule has 0 saturated carbocycles. The highest BCUT2D eigenvalue weighted by atomic mass is 35.5. The van der Waals surface area contributed by atoms with Gasteiger partial charge in [-0.2, -0.15) is 0 Å². The number of fused-ring (bicyclic) bond motifs is 1. The van der Waals surface area contributed by atoms with Crippen LogP contribution in [0.5, 0.6) is 0 Å². The summed E-state index contributed by atoms with van der Waals surface area (Å²) < 4.78 is 0. The first-order chi connectivity index (χ1) is 20.6. The summed E-state index contributed by atoms with van der Waals surface area (Å²) >= 11 is 6.13. The summed E-state index contributed by atoms with van der Waals surface area (Å²) in [6, 6.07) is 19.7. The van der Waals surface area contributed by atoms with Crippen LogP contribution in [0.1, 0.15) is 59.2 Å². The molecule has 224 valence electrons. The van der Waals surface area contributed by atoms with Crippen molar-refractivity contribution in [2.24, 2.45) is 5.73 Å². The fraction of sp³-hybridized carbons (Fsp3) is 0.303. The van der Waals surface area contributed by atoms with E-state index in [-0.39, 0.29) is 56.2 Å². The number of halogens is 1. The fourth-order valence-corrected chi connectivity index (χ4v) is 5.25. The van der Waals surface area contributed by atoms with Gasteiger partial charge in [0, 0.05) is 48.5 Å². The maximum absolute atomic E-state index is 13.8. The Hall–Kier alpha value is -4.50. The van der Waals surface area contributed by atoms with Crippen LogP contribution >= 0.6 is 11.6 Å². The number of amidine groups is 1. The summed E-state index contributed by atoms with van der Waals surface area (Å²) in [4.78, 5) is 54.8. The second-order valence-electron chi connectivity index (χ2n) is 10.7. The van der Waals surface area contributed by atoms with Crippen LogP contribution in [0, 0.1) is 12.3 Å². The number of amides is 3. The lowest BCUT2D eigenvalue weighted by atomic mass is 9.92. The van der Waals surface area contributed by atoms with Gasteiger partial charge in [-0.25, -0.2) is 0 Å². The topological polar surface area (TPSA) is 145 Å². The van der Waals surface area contributed by atoms with E-state index in [0.717, 1.165) is 16.7 Å². The molecule has 3 aromatic carbocycles. The number of carbonyl (C=O) groups excluding carboxylic acids is 4. The number of hydrogen-bond acceptors (Lipinski definition) is 5. The van der Waals surface area contributed by atoms with Crippen LogP contribution in [-0.2, 0) is 27.3 Å². The summed E-state index contributed by atoms with van der Waals surface area (Å²) in [5.41, 5.74) is 9.26. The van der Waals surface area contributed by atoms with E-state index in [1.165, 1.54) is 4.90 Å². The van der Waals surface area contributed by atoms with Crippen LogP contribution in [0.15, 0.2) is 72.8 Å². The number of hydrogen-bond donors (Lipinski definition) is 4. The zero-order valence-corrected chi connectivity index (χ0v) is 24.8. The summed E-state index contributed by atoms with van der Waals surface area (Å²) in [6.45, 7) is 2.04. The van der Waals surface area contributed by atoms with Crippen molar-refractivity contribution in [3.8, 4) is 0 Å². The highest BCUT2D eigenvalue weighted by Crippen LogP contribution is 2.25. The molecule has 0 radical (unpaired) electrons. The van der Waals surface area contributed by atoms with Crippen molar-refractivity contribution in [3.05, 3.63) is 100 Å². The lowest BCUT2D eigenvalue weighted by Crippen LogP contribution is -2.56. The lowest BCUT2D eigenvalue weighted by Gasteiger charge is -2.37. The molecule has 1 aliphatic rings. The van der Waals surface area contributed by atoms with Gasteiger partial charge in [0.25, 0.3) is 0 Å². The molecule has 1 heterocycles. The molecule has 0 bridgehead atoms. The van der Waals surface area contributed by atoms with Gasteiger partial charge in [-0.15, -0.1) is 0 Å². The predicted molar refractivity (Wildman–Crippen MR) is 167 cm³/mol. The molecular weight excluding hydrogens is 566 g/mol. The van der Waals surface area contributed by atoms with Crippen LogP contribution in [0.25, 0.3) is 0 Å². The van der Waals surface area contributed by atoms with Gasteiger partial charge in [-0.05, 0) is 54.7 Å². The number of nitrogens with zero attached hydrogens (tertiary/aromatic N) is 1. The number of nitrogens with one attached hydrogen (secondary N) is 3. The summed E-state index contributed by atoms with van der Waals surface area (Å²) in [5, 5.41) is 13.8. The number of Topliss-reactive ketones (excluding diaryl/α,β-unsaturated/α-hetero) is 1. The van der Waals surface area contributed by atoms with E-state index in [2.05, 4.69) is 10.6 Å². The Bertz CT molecular complexity index is 1510. The third-order valence-corrected chi connectivity index (χ3v) is 7.95. The molecule has 9 nitrogen and oxygen atoms in total. The second-order valence-corrected chi connectivity index (χ2v) is 11.1. The molecule has 3 aromatic rings. The minimum absolute atomic E-state index is 0.00970. The quantitative estimate of drug-likeness (QED) is 0.134. The molecule has 0 fully saturated rings. The van der Waals surface area contributed by atoms with Crippen molar-refractivity contribution in [1.29, 1.82) is 5.41 Å². The van der Waals surface area contributed by atoms with E-state index in [4.69, 9.17) is 22.7 Å². The third kappa shape index (κ3) is 8.51. The average molecular weight is 602 g/mol. The number of anilines is 1. The van der Waals surface area contributed by atoms with E-state index in [1.54, 1.807) is 42.5 Å². The first-order valence-electron chi connectivity index (χ1n) is 14.3. The Morgan fingerprint density at radius 2 is 1.67 bits per heavy atom. The third-order valence-electron chi connectivity index (χ3n) is 7.53. The second kappa shape index (κ2) is 14.6. The summed E-state index contributed by atoms with van der Waals surface area (Å²) in [7, 11) is 0. The molecule has 2 atom stereocenters. The number of aryl methyl sites for hydroxylation is 1. The molecule has 43 heavy (non-hydrogen) atoms. The van der Waals surface area contributed by atoms with Crippen molar-refractivity contribution in [2.45, 2.75) is 64.1 Å². The minimum atomic E-state index is -0.934. The highest BCUT2D eigenvalue weighted by molar-refractivity contribution is 6.31. The van der Waals surface area contributed by atoms with E-state index >= 15 is 0 Å². The van der Waals surface area contributed by atoms with Gasteiger partial charge in [0.15, 0.2) is 5.78 Å². The smallest absolute Gasteiger partial charge is 0.246 e. The highest BCUT2D eigenvalue weighted by Gasteiger charge is 2.36. The normalized spacial score (nSPS) is 14.7. The molecule has 5 N–H and O–H groups in total. The predicted octanol–water partition coefficient (Wildman–Crippen LogP) is 4.79. The van der Waals surface area contributed by atoms with E-state index in [1.807, 2.05) is 37.3 Å². The van der Waals surface area contributed by atoms with Crippen molar-refractivity contribution in [3.63, 3.8) is 0 Å². The monoisotopic (exact) mass is 601 g/mol. The standard InChI is InChI=1S/C33H36ClN5O4/c1-21-18-25(14-15-26(21)34)37-32(42)27(12-7-13-30(35)36)38-33(43)28-19-23-10-5-6-11-24(23)20-39(28)31(41)17-16-29(40)22-8-3-2-4-9-22/h2-6,8-11,14-15,18,27-28H,7,12-13,16-17,19-20H2,1H3,(H3,35,36)(H,37,42)(H,38,43)/t27-,28-/m0/s1. The molecule has 10 heteroatoms. The molecule has 3 amide bonds. The minimum Gasteiger partial charge on any atom is -0.388 e. The zero-order valence-electron chi connectivity index (χ0n) is 24.1. The zero-order chi connectivity index (χ0) is 30.9. The molecule has 0 spiro atoms. The molecule has 4 rings (SSSR count). The fourth-order valence-electron chi connectivity index (χ4n) is 5.14. The number of benzene rings is 3. The van der Waals surface area contributed by atoms with Gasteiger partial charge < -0.3 is 21.3 Å². The van der Waals surface area contributed by atoms with Crippen LogP contribution < -0.4 is 16.4 Å². The number of nitrogens with two attached hydrogens (primary N) is 1. The van der Waals surface area contributed by atoms with Gasteiger partial charge >= 0.3 is 0 Å². The van der Waals surface area contributed by atoms with Gasteiger partial charge in [0.2, 0.25) is 17.7 Å². The van der Waals surface area contributed by atoms with Gasteiger partial charge in [-0.3, -0.25) is 24.6 Å². The van der Waals surface area contributed by atoms with Crippen LogP contribution in [0.2, 0.25) is 5.02 Å². The Morgan fingerprint density at radius 3 is 2.37 bits per heavy atom. The molecular formula is C33H36ClN5O4. The van der Waals surface area contributed by atoms with Crippen LogP contribution in [0.4, 0.5) is 5.69 Å². The first kappa shape index (κ1) is 31.4. The van der Waals surface area contributed by atoms with E-state index in [9.17, 15) is 19.2 Å². The Balaban J connectivity index is 1.51.